The number of hydrogen-bond acceptors (Lipinski definition) is 3. The van der Waals surface area contributed by atoms with Crippen LogP contribution in [0.15, 0.2) is 78.0 Å². The molecular weight excluding hydrogens is 371 g/mol. The van der Waals surface area contributed by atoms with E-state index >= 15 is 0 Å². The zero-order valence-corrected chi connectivity index (χ0v) is 16.7. The van der Waals surface area contributed by atoms with Crippen LogP contribution in [-0.2, 0) is 17.9 Å². The molecule has 0 radical (unpaired) electrons. The van der Waals surface area contributed by atoms with Crippen LogP contribution in [0.4, 0.5) is 4.39 Å². The Morgan fingerprint density at radius 3 is 2.57 bits per heavy atom. The van der Waals surface area contributed by atoms with Gasteiger partial charge in [0.05, 0.1) is 0 Å². The van der Waals surface area contributed by atoms with E-state index in [1.807, 2.05) is 35.2 Å². The molecule has 0 N–H and O–H groups in total. The normalized spacial score (nSPS) is 10.6. The number of carbonyl (C=O) groups is 1. The highest BCUT2D eigenvalue weighted by molar-refractivity contribution is 7.99. The van der Waals surface area contributed by atoms with Gasteiger partial charge < -0.3 is 4.90 Å². The molecule has 0 fully saturated rings. The lowest BCUT2D eigenvalue weighted by Crippen LogP contribution is -2.30. The van der Waals surface area contributed by atoms with Crippen LogP contribution in [0, 0.1) is 12.7 Å². The maximum Gasteiger partial charge on any atom is 0.224 e. The van der Waals surface area contributed by atoms with Crippen LogP contribution in [0.3, 0.4) is 0 Å². The van der Waals surface area contributed by atoms with Gasteiger partial charge in [-0.1, -0.05) is 42.5 Å². The summed E-state index contributed by atoms with van der Waals surface area (Å²) in [5, 5.41) is 0. The Labute approximate surface area is 169 Å². The first-order chi connectivity index (χ1) is 13.6. The molecule has 0 saturated heterocycles. The van der Waals surface area contributed by atoms with Crippen LogP contribution < -0.4 is 0 Å². The van der Waals surface area contributed by atoms with E-state index in [4.69, 9.17) is 0 Å². The van der Waals surface area contributed by atoms with E-state index in [0.717, 1.165) is 16.7 Å². The molecule has 0 atom stereocenters. The molecule has 0 spiro atoms. The van der Waals surface area contributed by atoms with Crippen molar-refractivity contribution in [3.63, 3.8) is 0 Å². The fourth-order valence-corrected chi connectivity index (χ4v) is 3.78. The molecule has 2 aromatic carbocycles. The predicted molar refractivity (Wildman–Crippen MR) is 111 cm³/mol. The first-order valence-corrected chi connectivity index (χ1v) is 10.2. The molecule has 3 nitrogen and oxygen atoms in total. The molecule has 144 valence electrons. The molecule has 28 heavy (non-hydrogen) atoms. The standard InChI is InChI=1S/C23H23FN2OS/c1-18-7-2-3-9-20(18)17-26(16-19-8-6-13-25-15-19)23(27)12-14-28-22-11-5-4-10-21(22)24/h2-11,13,15H,12,14,16-17H2,1H3. The van der Waals surface area contributed by atoms with Crippen molar-refractivity contribution in [2.24, 2.45) is 0 Å². The third-order valence-corrected chi connectivity index (χ3v) is 5.53. The van der Waals surface area contributed by atoms with E-state index in [1.54, 1.807) is 30.6 Å². The fraction of sp³-hybridized carbons (Fsp3) is 0.217. The molecule has 0 bridgehead atoms. The van der Waals surface area contributed by atoms with Gasteiger partial charge in [0.2, 0.25) is 5.91 Å². The Hall–Kier alpha value is -2.66. The molecule has 3 rings (SSSR count). The quantitative estimate of drug-likeness (QED) is 0.490. The van der Waals surface area contributed by atoms with Crippen molar-refractivity contribution in [2.75, 3.05) is 5.75 Å². The number of amides is 1. The first-order valence-electron chi connectivity index (χ1n) is 9.22. The number of aryl methyl sites for hydroxylation is 1. The van der Waals surface area contributed by atoms with Crippen molar-refractivity contribution in [3.8, 4) is 0 Å². The highest BCUT2D eigenvalue weighted by atomic mass is 32.2. The van der Waals surface area contributed by atoms with Gasteiger partial charge in [0.25, 0.3) is 0 Å². The zero-order chi connectivity index (χ0) is 19.8. The first kappa shape index (κ1) is 20.1. The molecule has 1 aromatic heterocycles. The second-order valence-electron chi connectivity index (χ2n) is 6.57. The lowest BCUT2D eigenvalue weighted by atomic mass is 10.1. The van der Waals surface area contributed by atoms with Crippen LogP contribution in [-0.4, -0.2) is 21.5 Å². The highest BCUT2D eigenvalue weighted by Gasteiger charge is 2.16. The molecule has 5 heteroatoms. The number of rotatable bonds is 8. The summed E-state index contributed by atoms with van der Waals surface area (Å²) < 4.78 is 13.8. The number of hydrogen-bond donors (Lipinski definition) is 0. The van der Waals surface area contributed by atoms with Gasteiger partial charge in [0.15, 0.2) is 0 Å². The number of carbonyl (C=O) groups excluding carboxylic acids is 1. The topological polar surface area (TPSA) is 33.2 Å². The summed E-state index contributed by atoms with van der Waals surface area (Å²) in [6, 6.07) is 18.6. The van der Waals surface area contributed by atoms with Crippen LogP contribution in [0.5, 0.6) is 0 Å². The van der Waals surface area contributed by atoms with Gasteiger partial charge in [-0.15, -0.1) is 11.8 Å². The van der Waals surface area contributed by atoms with Gasteiger partial charge >= 0.3 is 0 Å². The van der Waals surface area contributed by atoms with Gasteiger partial charge in [-0.2, -0.15) is 0 Å². The second-order valence-corrected chi connectivity index (χ2v) is 7.70. The monoisotopic (exact) mass is 394 g/mol. The Balaban J connectivity index is 1.67. The molecule has 0 unspecified atom stereocenters. The Bertz CT molecular complexity index is 917. The van der Waals surface area contributed by atoms with Crippen LogP contribution in [0.1, 0.15) is 23.1 Å². The van der Waals surface area contributed by atoms with Crippen LogP contribution in [0.25, 0.3) is 0 Å². The maximum absolute atomic E-state index is 13.8. The lowest BCUT2D eigenvalue weighted by Gasteiger charge is -2.24. The molecule has 1 heterocycles. The minimum absolute atomic E-state index is 0.0518. The van der Waals surface area contributed by atoms with Gasteiger partial charge in [-0.25, -0.2) is 4.39 Å². The third kappa shape index (κ3) is 5.67. The molecule has 0 aliphatic carbocycles. The molecular formula is C23H23FN2OS. The number of pyridine rings is 1. The highest BCUT2D eigenvalue weighted by Crippen LogP contribution is 2.23. The van der Waals surface area contributed by atoms with E-state index in [-0.39, 0.29) is 11.7 Å². The van der Waals surface area contributed by atoms with Gasteiger partial charge in [-0.05, 0) is 41.8 Å². The number of benzene rings is 2. The Morgan fingerprint density at radius 1 is 1.04 bits per heavy atom. The molecule has 3 aromatic rings. The van der Waals surface area contributed by atoms with Gasteiger partial charge in [0.1, 0.15) is 5.82 Å². The van der Waals surface area contributed by atoms with Crippen LogP contribution >= 0.6 is 11.8 Å². The summed E-state index contributed by atoms with van der Waals surface area (Å²) in [5.74, 6) is 0.347. The third-order valence-electron chi connectivity index (χ3n) is 4.48. The van der Waals surface area contributed by atoms with E-state index in [2.05, 4.69) is 18.0 Å². The summed E-state index contributed by atoms with van der Waals surface area (Å²) >= 11 is 1.37. The van der Waals surface area contributed by atoms with Crippen molar-refractivity contribution < 1.29 is 9.18 Å². The van der Waals surface area contributed by atoms with Crippen molar-refractivity contribution in [3.05, 3.63) is 95.6 Å². The maximum atomic E-state index is 13.8. The van der Waals surface area contributed by atoms with Crippen molar-refractivity contribution in [1.29, 1.82) is 0 Å². The second kappa shape index (κ2) is 10.0. The number of thioether (sulfide) groups is 1. The molecule has 0 aliphatic heterocycles. The number of halogens is 1. The molecule has 0 aliphatic rings. The smallest absolute Gasteiger partial charge is 0.224 e. The van der Waals surface area contributed by atoms with E-state index in [1.165, 1.54) is 17.8 Å². The minimum Gasteiger partial charge on any atom is -0.334 e. The molecule has 0 saturated carbocycles. The zero-order valence-electron chi connectivity index (χ0n) is 15.8. The average Bonchev–Trinajstić information content (AvgIpc) is 2.71. The van der Waals surface area contributed by atoms with E-state index < -0.39 is 0 Å². The summed E-state index contributed by atoms with van der Waals surface area (Å²) in [4.78, 5) is 19.5. The van der Waals surface area contributed by atoms with Gasteiger partial charge in [0, 0.05) is 42.6 Å². The van der Waals surface area contributed by atoms with Gasteiger partial charge in [-0.3, -0.25) is 9.78 Å². The van der Waals surface area contributed by atoms with E-state index in [0.29, 0.717) is 30.2 Å². The lowest BCUT2D eigenvalue weighted by molar-refractivity contribution is -0.132. The fourth-order valence-electron chi connectivity index (χ4n) is 2.91. The number of aromatic nitrogens is 1. The van der Waals surface area contributed by atoms with E-state index in [9.17, 15) is 9.18 Å². The number of nitrogens with zero attached hydrogens (tertiary/aromatic N) is 2. The summed E-state index contributed by atoms with van der Waals surface area (Å²) in [6.07, 6.45) is 3.86. The largest absolute Gasteiger partial charge is 0.334 e. The van der Waals surface area contributed by atoms with Crippen LogP contribution in [0.2, 0.25) is 0 Å². The van der Waals surface area contributed by atoms with Crippen molar-refractivity contribution in [1.82, 2.24) is 9.88 Å². The average molecular weight is 395 g/mol. The SMILES string of the molecule is Cc1ccccc1CN(Cc1cccnc1)C(=O)CCSc1ccccc1F. The molecule has 1 amide bonds. The summed E-state index contributed by atoms with van der Waals surface area (Å²) in [6.45, 7) is 3.10. The Morgan fingerprint density at radius 2 is 1.82 bits per heavy atom. The minimum atomic E-state index is -0.243. The predicted octanol–water partition coefficient (Wildman–Crippen LogP) is 5.24. The Kier molecular flexibility index (Phi) is 7.20. The summed E-state index contributed by atoms with van der Waals surface area (Å²) in [7, 11) is 0. The van der Waals surface area contributed by atoms with Crippen molar-refractivity contribution >= 4 is 17.7 Å². The van der Waals surface area contributed by atoms with Crippen molar-refractivity contribution in [2.45, 2.75) is 31.3 Å². The summed E-state index contributed by atoms with van der Waals surface area (Å²) in [5.41, 5.74) is 3.28.